The number of carbonyl (C=O) groups is 3. The number of rotatable bonds is 10. The molecule has 1 aromatic carbocycles. The van der Waals surface area contributed by atoms with Crippen LogP contribution < -0.4 is 9.47 Å². The van der Waals surface area contributed by atoms with E-state index in [1.54, 1.807) is 12.2 Å². The predicted molar refractivity (Wildman–Crippen MR) is 119 cm³/mol. The van der Waals surface area contributed by atoms with Crippen LogP contribution >= 0.6 is 0 Å². The largest absolute Gasteiger partial charge is 0.493 e. The van der Waals surface area contributed by atoms with Gasteiger partial charge in [0.05, 0.1) is 47.7 Å². The van der Waals surface area contributed by atoms with Crippen LogP contribution in [-0.4, -0.2) is 60.1 Å². The number of carbonyl (C=O) groups excluding carboxylic acids is 3. The van der Waals surface area contributed by atoms with E-state index in [4.69, 9.17) is 25.4 Å². The normalized spacial score (nSPS) is 24.8. The molecule has 1 aromatic rings. The summed E-state index contributed by atoms with van der Waals surface area (Å²) in [6.07, 6.45) is 7.22. The first kappa shape index (κ1) is 24.2. The van der Waals surface area contributed by atoms with E-state index in [-0.39, 0.29) is 72.8 Å². The van der Waals surface area contributed by atoms with Gasteiger partial charge in [-0.1, -0.05) is 18.1 Å². The lowest BCUT2D eigenvalue weighted by Gasteiger charge is -2.18. The molecule has 3 aliphatic heterocycles. The first-order chi connectivity index (χ1) is 16.8. The van der Waals surface area contributed by atoms with Crippen molar-refractivity contribution < 1.29 is 38.3 Å². The molecule has 0 saturated carbocycles. The molecule has 3 heterocycles. The number of benzene rings is 1. The Kier molecular flexibility index (Phi) is 6.75. The van der Waals surface area contributed by atoms with Gasteiger partial charge in [0.1, 0.15) is 12.7 Å². The van der Waals surface area contributed by atoms with Gasteiger partial charge in [-0.05, 0) is 19.4 Å². The number of nitro groups is 1. The van der Waals surface area contributed by atoms with E-state index < -0.39 is 28.8 Å². The molecule has 0 aliphatic carbocycles. The zero-order chi connectivity index (χ0) is 25.3. The smallest absolute Gasteiger partial charge is 0.306 e. The minimum atomic E-state index is -0.966. The third-order valence-corrected chi connectivity index (χ3v) is 6.33. The number of likely N-dealkylation sites (tertiary alicyclic amines) is 1. The molecular formula is C24H24N2O9. The molecule has 2 bridgehead atoms. The quantitative estimate of drug-likeness (QED) is 0.122. The summed E-state index contributed by atoms with van der Waals surface area (Å²) in [7, 11) is 1.37. The Morgan fingerprint density at radius 3 is 2.46 bits per heavy atom. The highest BCUT2D eigenvalue weighted by molar-refractivity contribution is 6.06. The van der Waals surface area contributed by atoms with E-state index in [0.717, 1.165) is 0 Å². The summed E-state index contributed by atoms with van der Waals surface area (Å²) in [4.78, 5) is 49.9. The summed E-state index contributed by atoms with van der Waals surface area (Å²) in [5, 5.41) is 11.6. The average Bonchev–Trinajstić information content (AvgIpc) is 3.51. The second-order valence-corrected chi connectivity index (χ2v) is 8.38. The van der Waals surface area contributed by atoms with Crippen molar-refractivity contribution in [3.8, 4) is 23.8 Å². The minimum absolute atomic E-state index is 0.0767. The van der Waals surface area contributed by atoms with Crippen molar-refractivity contribution >= 4 is 23.5 Å². The second kappa shape index (κ2) is 9.76. The number of amides is 2. The Labute approximate surface area is 201 Å². The van der Waals surface area contributed by atoms with Gasteiger partial charge < -0.3 is 18.9 Å². The van der Waals surface area contributed by atoms with Gasteiger partial charge in [0.25, 0.3) is 5.69 Å². The van der Waals surface area contributed by atoms with Crippen LogP contribution in [0.25, 0.3) is 0 Å². The zero-order valence-electron chi connectivity index (χ0n) is 19.2. The van der Waals surface area contributed by atoms with E-state index in [2.05, 4.69) is 5.92 Å². The fourth-order valence-corrected chi connectivity index (χ4v) is 4.73. The summed E-state index contributed by atoms with van der Waals surface area (Å²) in [6, 6.07) is 2.54. The first-order valence-corrected chi connectivity index (χ1v) is 11.1. The number of nitrogens with zero attached hydrogens (tertiary/aromatic N) is 2. The van der Waals surface area contributed by atoms with Crippen LogP contribution in [0, 0.1) is 34.3 Å². The van der Waals surface area contributed by atoms with Crippen LogP contribution in [0.4, 0.5) is 5.69 Å². The minimum Gasteiger partial charge on any atom is -0.493 e. The van der Waals surface area contributed by atoms with Crippen molar-refractivity contribution in [2.24, 2.45) is 11.8 Å². The van der Waals surface area contributed by atoms with Crippen molar-refractivity contribution in [2.45, 2.75) is 38.1 Å². The van der Waals surface area contributed by atoms with Gasteiger partial charge >= 0.3 is 5.97 Å². The highest BCUT2D eigenvalue weighted by atomic mass is 16.6. The molecule has 2 fully saturated rings. The lowest BCUT2D eigenvalue weighted by atomic mass is 9.85. The van der Waals surface area contributed by atoms with Crippen molar-refractivity contribution in [1.82, 2.24) is 4.90 Å². The Balaban J connectivity index is 1.36. The summed E-state index contributed by atoms with van der Waals surface area (Å²) < 4.78 is 21.5. The fourth-order valence-electron chi connectivity index (χ4n) is 4.73. The van der Waals surface area contributed by atoms with Gasteiger partial charge in [0.15, 0.2) is 11.5 Å². The second-order valence-electron chi connectivity index (χ2n) is 8.38. The SMILES string of the molecule is C#CCOc1cc([N+](=O)[O-])c(C(C)OC(=O)CCCN2C(=O)C3C4C=CC(O4)C3C2=O)cc1OC. The monoisotopic (exact) mass is 484 g/mol. The van der Waals surface area contributed by atoms with Crippen LogP contribution in [-0.2, 0) is 23.9 Å². The Hall–Kier alpha value is -3.91. The van der Waals surface area contributed by atoms with Gasteiger partial charge in [-0.3, -0.25) is 29.4 Å². The molecule has 5 unspecified atom stereocenters. The molecule has 184 valence electrons. The van der Waals surface area contributed by atoms with Crippen LogP contribution in [0.2, 0.25) is 0 Å². The van der Waals surface area contributed by atoms with E-state index in [9.17, 15) is 24.5 Å². The van der Waals surface area contributed by atoms with Crippen molar-refractivity contribution in [2.75, 3.05) is 20.3 Å². The number of hydrogen-bond acceptors (Lipinski definition) is 9. The maximum atomic E-state index is 12.7. The number of terminal acetylenes is 1. The van der Waals surface area contributed by atoms with Crippen molar-refractivity contribution in [1.29, 1.82) is 0 Å². The van der Waals surface area contributed by atoms with Gasteiger partial charge in [0.2, 0.25) is 11.8 Å². The average molecular weight is 484 g/mol. The fraction of sp³-hybridized carbons (Fsp3) is 0.458. The summed E-state index contributed by atoms with van der Waals surface area (Å²) in [6.45, 7) is 1.48. The zero-order valence-corrected chi connectivity index (χ0v) is 19.2. The first-order valence-electron chi connectivity index (χ1n) is 11.1. The number of imide groups is 1. The van der Waals surface area contributed by atoms with Crippen molar-refractivity contribution in [3.05, 3.63) is 40.0 Å². The van der Waals surface area contributed by atoms with Crippen molar-refractivity contribution in [3.63, 3.8) is 0 Å². The van der Waals surface area contributed by atoms with Gasteiger partial charge in [-0.2, -0.15) is 0 Å². The number of hydrogen-bond donors (Lipinski definition) is 0. The molecule has 35 heavy (non-hydrogen) atoms. The summed E-state index contributed by atoms with van der Waals surface area (Å²) >= 11 is 0. The molecule has 5 atom stereocenters. The van der Waals surface area contributed by atoms with Gasteiger partial charge in [-0.15, -0.1) is 6.42 Å². The van der Waals surface area contributed by atoms with Gasteiger partial charge in [-0.25, -0.2) is 0 Å². The highest BCUT2D eigenvalue weighted by Gasteiger charge is 2.60. The molecule has 2 amide bonds. The van der Waals surface area contributed by atoms with Crippen LogP contribution in [0.5, 0.6) is 11.5 Å². The molecule has 0 radical (unpaired) electrons. The molecule has 2 saturated heterocycles. The maximum Gasteiger partial charge on any atom is 0.306 e. The summed E-state index contributed by atoms with van der Waals surface area (Å²) in [5.74, 6) is 0.393. The molecule has 0 N–H and O–H groups in total. The van der Waals surface area contributed by atoms with Crippen LogP contribution in [0.1, 0.15) is 31.4 Å². The highest BCUT2D eigenvalue weighted by Crippen LogP contribution is 2.45. The third kappa shape index (κ3) is 4.44. The number of ether oxygens (including phenoxy) is 4. The lowest BCUT2D eigenvalue weighted by molar-refractivity contribution is -0.386. The summed E-state index contributed by atoms with van der Waals surface area (Å²) in [5.41, 5.74) is -0.197. The number of nitro benzene ring substituents is 1. The van der Waals surface area contributed by atoms with Gasteiger partial charge in [0, 0.05) is 13.0 Å². The Bertz CT molecular complexity index is 1110. The van der Waals surface area contributed by atoms with E-state index in [1.165, 1.54) is 31.1 Å². The molecule has 4 rings (SSSR count). The standard InChI is InChI=1S/C24H24N2O9/c1-4-10-33-19-12-15(26(30)31)14(11-18(19)32-3)13(2)34-20(27)6-5-9-25-23(28)21-16-7-8-17(35-16)22(21)24(25)29/h1,7-8,11-13,16-17,21-22H,5-6,9-10H2,2-3H3. The molecular weight excluding hydrogens is 460 g/mol. The number of methoxy groups -OCH3 is 1. The number of esters is 1. The molecule has 3 aliphatic rings. The maximum absolute atomic E-state index is 12.7. The topological polar surface area (TPSA) is 135 Å². The number of fused-ring (bicyclic) bond motifs is 5. The molecule has 0 aromatic heterocycles. The van der Waals surface area contributed by atoms with Crippen LogP contribution in [0.15, 0.2) is 24.3 Å². The van der Waals surface area contributed by atoms with Crippen LogP contribution in [0.3, 0.4) is 0 Å². The third-order valence-electron chi connectivity index (χ3n) is 6.33. The molecule has 11 nitrogen and oxygen atoms in total. The van der Waals surface area contributed by atoms with E-state index >= 15 is 0 Å². The Morgan fingerprint density at radius 1 is 1.23 bits per heavy atom. The predicted octanol–water partition coefficient (Wildman–Crippen LogP) is 1.94. The molecule has 0 spiro atoms. The van der Waals surface area contributed by atoms with E-state index in [1.807, 2.05) is 0 Å². The van der Waals surface area contributed by atoms with E-state index in [0.29, 0.717) is 0 Å². The Morgan fingerprint density at radius 2 is 1.89 bits per heavy atom. The molecule has 11 heteroatoms. The lowest BCUT2D eigenvalue weighted by Crippen LogP contribution is -2.35.